The van der Waals surface area contributed by atoms with Crippen LogP contribution in [0.15, 0.2) is 29.2 Å². The molecule has 2 saturated heterocycles. The van der Waals surface area contributed by atoms with E-state index in [4.69, 9.17) is 4.74 Å². The highest BCUT2D eigenvalue weighted by Gasteiger charge is 2.32. The summed E-state index contributed by atoms with van der Waals surface area (Å²) in [5.74, 6) is -0.234. The van der Waals surface area contributed by atoms with Gasteiger partial charge in [-0.25, -0.2) is 8.42 Å². The summed E-state index contributed by atoms with van der Waals surface area (Å²) < 4.78 is 33.2. The second kappa shape index (κ2) is 10.2. The number of hydrogen-bond donors (Lipinski definition) is 1. The molecular formula is C22H35N3O4S. The number of piperidine rings is 1. The number of rotatable bonds is 7. The summed E-state index contributed by atoms with van der Waals surface area (Å²) in [5, 5.41) is 2.93. The monoisotopic (exact) mass is 437 g/mol. The Morgan fingerprint density at radius 2 is 1.90 bits per heavy atom. The zero-order valence-electron chi connectivity index (χ0n) is 18.3. The molecule has 1 amide bonds. The van der Waals surface area contributed by atoms with E-state index in [-0.39, 0.29) is 23.0 Å². The molecule has 3 rings (SSSR count). The van der Waals surface area contributed by atoms with Crippen LogP contribution >= 0.6 is 0 Å². The molecule has 7 nitrogen and oxygen atoms in total. The van der Waals surface area contributed by atoms with Crippen molar-refractivity contribution < 1.29 is 17.9 Å². The second-order valence-electron chi connectivity index (χ2n) is 8.60. The van der Waals surface area contributed by atoms with Crippen LogP contribution in [0.3, 0.4) is 0 Å². The summed E-state index contributed by atoms with van der Waals surface area (Å²) in [6.07, 6.45) is 4.37. The number of amides is 1. The van der Waals surface area contributed by atoms with Crippen LogP contribution in [0.5, 0.6) is 0 Å². The van der Waals surface area contributed by atoms with Crippen molar-refractivity contribution in [1.82, 2.24) is 14.5 Å². The zero-order chi connectivity index (χ0) is 21.7. The number of likely N-dealkylation sites (tertiary alicyclic amines) is 1. The Bertz CT molecular complexity index is 819. The second-order valence-corrected chi connectivity index (χ2v) is 10.5. The minimum Gasteiger partial charge on any atom is -0.373 e. The molecule has 168 valence electrons. The van der Waals surface area contributed by atoms with E-state index < -0.39 is 10.0 Å². The van der Waals surface area contributed by atoms with E-state index in [2.05, 4.69) is 17.1 Å². The van der Waals surface area contributed by atoms with Gasteiger partial charge in [-0.05, 0) is 64.8 Å². The van der Waals surface area contributed by atoms with Crippen molar-refractivity contribution >= 4 is 15.9 Å². The van der Waals surface area contributed by atoms with Gasteiger partial charge in [-0.1, -0.05) is 12.5 Å². The van der Waals surface area contributed by atoms with Crippen LogP contribution in [0, 0.1) is 0 Å². The fourth-order valence-corrected chi connectivity index (χ4v) is 5.99. The molecule has 1 aromatic rings. The maximum Gasteiger partial charge on any atom is 0.251 e. The number of hydrogen-bond acceptors (Lipinski definition) is 5. The molecule has 0 aromatic heterocycles. The highest BCUT2D eigenvalue weighted by Crippen LogP contribution is 2.22. The van der Waals surface area contributed by atoms with Gasteiger partial charge in [0.15, 0.2) is 0 Å². The molecule has 1 aromatic carbocycles. The van der Waals surface area contributed by atoms with Gasteiger partial charge in [-0.3, -0.25) is 4.79 Å². The minimum absolute atomic E-state index is 0.151. The summed E-state index contributed by atoms with van der Waals surface area (Å²) in [6.45, 7) is 9.32. The van der Waals surface area contributed by atoms with Crippen molar-refractivity contribution in [1.29, 1.82) is 0 Å². The predicted molar refractivity (Wildman–Crippen MR) is 117 cm³/mol. The van der Waals surface area contributed by atoms with Crippen LogP contribution in [0.4, 0.5) is 0 Å². The Hall–Kier alpha value is -1.48. The van der Waals surface area contributed by atoms with E-state index in [1.807, 2.05) is 13.8 Å². The molecule has 0 saturated carbocycles. The first-order valence-corrected chi connectivity index (χ1v) is 12.5. The van der Waals surface area contributed by atoms with Crippen LogP contribution in [-0.2, 0) is 14.8 Å². The topological polar surface area (TPSA) is 79.0 Å². The molecule has 0 radical (unpaired) electrons. The molecule has 0 spiro atoms. The lowest BCUT2D eigenvalue weighted by atomic mass is 10.0. The Balaban J connectivity index is 1.57. The molecule has 0 unspecified atom stereocenters. The van der Waals surface area contributed by atoms with Crippen LogP contribution in [0.25, 0.3) is 0 Å². The molecule has 30 heavy (non-hydrogen) atoms. The highest BCUT2D eigenvalue weighted by atomic mass is 32.2. The molecular weight excluding hydrogens is 402 g/mol. The first-order chi connectivity index (χ1) is 14.3. The standard InChI is InChI=1S/C22H35N3O4S/c1-17-8-4-5-12-24(17)13-7-11-23-22(26)20-9-6-10-21(14-20)30(27,28)25-15-18(2)29-19(3)16-25/h6,9-10,14,17-19H,4-5,7-8,11-13,15-16H2,1-3H3,(H,23,26)/t17-,18+,19+/m0/s1. The van der Waals surface area contributed by atoms with E-state index in [9.17, 15) is 13.2 Å². The van der Waals surface area contributed by atoms with Crippen molar-refractivity contribution in [2.45, 2.75) is 69.6 Å². The molecule has 2 fully saturated rings. The average molecular weight is 438 g/mol. The van der Waals surface area contributed by atoms with Gasteiger partial charge in [-0.15, -0.1) is 0 Å². The summed E-state index contributed by atoms with van der Waals surface area (Å²) >= 11 is 0. The fourth-order valence-electron chi connectivity index (χ4n) is 4.35. The molecule has 0 bridgehead atoms. The van der Waals surface area contributed by atoms with Crippen LogP contribution in [0.2, 0.25) is 0 Å². The summed E-state index contributed by atoms with van der Waals surface area (Å²) in [5.41, 5.74) is 0.372. The molecule has 2 aliphatic heterocycles. The summed E-state index contributed by atoms with van der Waals surface area (Å²) in [4.78, 5) is 15.2. The van der Waals surface area contributed by atoms with E-state index in [1.54, 1.807) is 18.2 Å². The van der Waals surface area contributed by atoms with E-state index in [0.717, 1.165) is 19.5 Å². The third kappa shape index (κ3) is 5.81. The molecule has 8 heteroatoms. The fraction of sp³-hybridized carbons (Fsp3) is 0.682. The zero-order valence-corrected chi connectivity index (χ0v) is 19.2. The molecule has 2 aliphatic rings. The van der Waals surface area contributed by atoms with E-state index >= 15 is 0 Å². The number of carbonyl (C=O) groups excluding carboxylic acids is 1. The van der Waals surface area contributed by atoms with Crippen molar-refractivity contribution in [2.75, 3.05) is 32.7 Å². The van der Waals surface area contributed by atoms with Crippen molar-refractivity contribution in [3.05, 3.63) is 29.8 Å². The minimum atomic E-state index is -3.66. The number of sulfonamides is 1. The maximum absolute atomic E-state index is 13.1. The Morgan fingerprint density at radius 1 is 1.17 bits per heavy atom. The van der Waals surface area contributed by atoms with Crippen molar-refractivity contribution in [3.63, 3.8) is 0 Å². The van der Waals surface area contributed by atoms with Gasteiger partial charge in [0.2, 0.25) is 10.0 Å². The van der Waals surface area contributed by atoms with E-state index in [1.165, 1.54) is 29.6 Å². The Kier molecular flexibility index (Phi) is 7.90. The van der Waals surface area contributed by atoms with Crippen LogP contribution in [0.1, 0.15) is 56.8 Å². The molecule has 0 aliphatic carbocycles. The van der Waals surface area contributed by atoms with Crippen molar-refractivity contribution in [3.8, 4) is 0 Å². The number of benzene rings is 1. The first-order valence-electron chi connectivity index (χ1n) is 11.1. The predicted octanol–water partition coefficient (Wildman–Crippen LogP) is 2.48. The largest absolute Gasteiger partial charge is 0.373 e. The van der Waals surface area contributed by atoms with Crippen molar-refractivity contribution in [2.24, 2.45) is 0 Å². The lowest BCUT2D eigenvalue weighted by Crippen LogP contribution is -2.48. The average Bonchev–Trinajstić information content (AvgIpc) is 2.71. The lowest BCUT2D eigenvalue weighted by molar-refractivity contribution is -0.0440. The molecule has 3 atom stereocenters. The molecule has 1 N–H and O–H groups in total. The number of ether oxygens (including phenoxy) is 1. The number of nitrogens with one attached hydrogen (secondary N) is 1. The van der Waals surface area contributed by atoms with Gasteiger partial charge in [0.25, 0.3) is 5.91 Å². The van der Waals surface area contributed by atoms with Crippen LogP contribution in [-0.4, -0.2) is 74.5 Å². The Morgan fingerprint density at radius 3 is 2.60 bits per heavy atom. The third-order valence-corrected chi connectivity index (χ3v) is 7.80. The van der Waals surface area contributed by atoms with Gasteiger partial charge in [-0.2, -0.15) is 4.31 Å². The van der Waals surface area contributed by atoms with Gasteiger partial charge in [0.1, 0.15) is 0 Å². The highest BCUT2D eigenvalue weighted by molar-refractivity contribution is 7.89. The SMILES string of the molecule is C[C@@H]1CN(S(=O)(=O)c2cccc(C(=O)NCCCN3CCCC[C@@H]3C)c2)C[C@@H](C)O1. The number of carbonyl (C=O) groups is 1. The summed E-state index contributed by atoms with van der Waals surface area (Å²) in [6, 6.07) is 6.93. The van der Waals surface area contributed by atoms with Gasteiger partial charge >= 0.3 is 0 Å². The third-order valence-electron chi connectivity index (χ3n) is 5.97. The maximum atomic E-state index is 13.1. The number of morpholine rings is 1. The molecule has 2 heterocycles. The number of nitrogens with zero attached hydrogens (tertiary/aromatic N) is 2. The van der Waals surface area contributed by atoms with Gasteiger partial charge in [0.05, 0.1) is 17.1 Å². The van der Waals surface area contributed by atoms with Crippen LogP contribution < -0.4 is 5.32 Å². The smallest absolute Gasteiger partial charge is 0.251 e. The summed E-state index contributed by atoms with van der Waals surface area (Å²) in [7, 11) is -3.66. The quantitative estimate of drug-likeness (QED) is 0.663. The lowest BCUT2D eigenvalue weighted by Gasteiger charge is -2.34. The normalized spacial score (nSPS) is 26.4. The van der Waals surface area contributed by atoms with Gasteiger partial charge < -0.3 is 15.0 Å². The van der Waals surface area contributed by atoms with Gasteiger partial charge in [0, 0.05) is 37.8 Å². The first kappa shape index (κ1) is 23.2. The van der Waals surface area contributed by atoms with E-state index in [0.29, 0.717) is 31.2 Å². The Labute approximate surface area is 180 Å².